The normalized spacial score (nSPS) is 11.8. The number of thiophene rings is 2. The predicted molar refractivity (Wildman–Crippen MR) is 204 cm³/mol. The van der Waals surface area contributed by atoms with Crippen molar-refractivity contribution in [2.45, 2.75) is 0 Å². The number of hydrogen-bond acceptors (Lipinski definition) is 2. The van der Waals surface area contributed by atoms with Gasteiger partial charge in [-0.15, -0.1) is 22.7 Å². The standard InChI is InChI=1S/C43H24N2S2/c1-44-29-17-18-39(45-37-13-7-5-11-30(37)31-12-6-8-14-38(31)45)32(23-29)28-16-20-41-34(22-28)36-24-35-33-21-27(26-9-3-2-4-10-26)15-19-40(33)46-42(35)25-43(36)47-41/h2-25H. The number of hydrogen-bond donors (Lipinski definition) is 0. The van der Waals surface area contributed by atoms with Crippen LogP contribution in [0.1, 0.15) is 0 Å². The molecule has 0 radical (unpaired) electrons. The van der Waals surface area contributed by atoms with E-state index in [2.05, 4.69) is 149 Å². The minimum absolute atomic E-state index is 0.639. The predicted octanol–water partition coefficient (Wildman–Crippen LogP) is 13.4. The third-order valence-corrected chi connectivity index (χ3v) is 11.7. The van der Waals surface area contributed by atoms with Crippen molar-refractivity contribution in [3.8, 4) is 27.9 Å². The summed E-state index contributed by atoms with van der Waals surface area (Å²) in [5.41, 5.74) is 8.69. The Morgan fingerprint density at radius 3 is 1.66 bits per heavy atom. The third-order valence-electron chi connectivity index (χ3n) is 9.41. The second kappa shape index (κ2) is 10.1. The Hall–Kier alpha value is -5.73. The van der Waals surface area contributed by atoms with Crippen molar-refractivity contribution in [2.24, 2.45) is 0 Å². The van der Waals surface area contributed by atoms with Crippen molar-refractivity contribution in [3.05, 3.63) is 157 Å². The molecule has 0 spiro atoms. The third kappa shape index (κ3) is 4.01. The highest BCUT2D eigenvalue weighted by Crippen LogP contribution is 2.45. The Bertz CT molecular complexity index is 2860. The van der Waals surface area contributed by atoms with Gasteiger partial charge in [0.1, 0.15) is 0 Å². The summed E-state index contributed by atoms with van der Waals surface area (Å²) >= 11 is 3.73. The summed E-state index contributed by atoms with van der Waals surface area (Å²) in [5, 5.41) is 7.60. The summed E-state index contributed by atoms with van der Waals surface area (Å²) in [6, 6.07) is 52.4. The zero-order valence-corrected chi connectivity index (χ0v) is 26.7. The monoisotopic (exact) mass is 632 g/mol. The summed E-state index contributed by atoms with van der Waals surface area (Å²) in [7, 11) is 0. The average molecular weight is 633 g/mol. The lowest BCUT2D eigenvalue weighted by molar-refractivity contribution is 1.18. The molecule has 10 aromatic rings. The number of para-hydroxylation sites is 2. The van der Waals surface area contributed by atoms with Gasteiger partial charge in [-0.3, -0.25) is 0 Å². The Morgan fingerprint density at radius 2 is 1.00 bits per heavy atom. The van der Waals surface area contributed by atoms with Gasteiger partial charge in [0.15, 0.2) is 5.69 Å². The van der Waals surface area contributed by atoms with Gasteiger partial charge in [-0.05, 0) is 82.9 Å². The zero-order valence-electron chi connectivity index (χ0n) is 25.1. The van der Waals surface area contributed by atoms with E-state index < -0.39 is 0 Å². The molecule has 0 bridgehead atoms. The quantitative estimate of drug-likeness (QED) is 0.171. The summed E-state index contributed by atoms with van der Waals surface area (Å²) in [4.78, 5) is 3.84. The van der Waals surface area contributed by atoms with Crippen molar-refractivity contribution in [2.75, 3.05) is 0 Å². The Balaban J connectivity index is 1.21. The van der Waals surface area contributed by atoms with Gasteiger partial charge in [-0.2, -0.15) is 0 Å². The fourth-order valence-electron chi connectivity index (χ4n) is 7.23. The maximum Gasteiger partial charge on any atom is 0.188 e. The van der Waals surface area contributed by atoms with E-state index in [1.807, 2.05) is 28.7 Å². The summed E-state index contributed by atoms with van der Waals surface area (Å²) in [6.45, 7) is 7.84. The van der Waals surface area contributed by atoms with E-state index in [1.54, 1.807) is 0 Å². The van der Waals surface area contributed by atoms with E-state index in [0.717, 1.165) is 27.8 Å². The van der Waals surface area contributed by atoms with Gasteiger partial charge in [0, 0.05) is 51.1 Å². The summed E-state index contributed by atoms with van der Waals surface area (Å²) < 4.78 is 7.57. The summed E-state index contributed by atoms with van der Waals surface area (Å²) in [6.07, 6.45) is 0. The average Bonchev–Trinajstić information content (AvgIpc) is 3.79. The van der Waals surface area contributed by atoms with Crippen LogP contribution >= 0.6 is 22.7 Å². The molecule has 0 aliphatic heterocycles. The molecule has 47 heavy (non-hydrogen) atoms. The maximum atomic E-state index is 7.84. The minimum atomic E-state index is 0.639. The zero-order chi connectivity index (χ0) is 31.1. The fraction of sp³-hybridized carbons (Fsp3) is 0. The second-order valence-electron chi connectivity index (χ2n) is 12.0. The lowest BCUT2D eigenvalue weighted by Crippen LogP contribution is -1.97. The van der Waals surface area contributed by atoms with Crippen molar-refractivity contribution >= 4 is 90.5 Å². The molecule has 0 saturated heterocycles. The topological polar surface area (TPSA) is 9.29 Å². The van der Waals surface area contributed by atoms with Crippen LogP contribution in [0.25, 0.3) is 94.9 Å². The van der Waals surface area contributed by atoms with Crippen LogP contribution < -0.4 is 0 Å². The van der Waals surface area contributed by atoms with Crippen LogP contribution in [0.3, 0.4) is 0 Å². The molecule has 2 nitrogen and oxygen atoms in total. The first kappa shape index (κ1) is 26.5. The molecule has 218 valence electrons. The van der Waals surface area contributed by atoms with Crippen LogP contribution in [0, 0.1) is 6.57 Å². The van der Waals surface area contributed by atoms with Crippen LogP contribution in [0.15, 0.2) is 146 Å². The largest absolute Gasteiger partial charge is 0.309 e. The van der Waals surface area contributed by atoms with E-state index in [0.29, 0.717) is 5.69 Å². The molecular weight excluding hydrogens is 609 g/mol. The van der Waals surface area contributed by atoms with Crippen LogP contribution in [0.2, 0.25) is 0 Å². The molecule has 0 amide bonds. The lowest BCUT2D eigenvalue weighted by Gasteiger charge is -2.15. The number of rotatable bonds is 3. The SMILES string of the molecule is [C-]#[N+]c1ccc(-n2c3ccccc3c3ccccc32)c(-c2ccc3sc4cc5sc6ccc(-c7ccccc7)cc6c5cc4c3c2)c1. The first-order valence-corrected chi connectivity index (χ1v) is 17.3. The number of benzene rings is 7. The van der Waals surface area contributed by atoms with Crippen molar-refractivity contribution in [1.82, 2.24) is 4.57 Å². The van der Waals surface area contributed by atoms with Gasteiger partial charge in [0.05, 0.1) is 23.3 Å². The van der Waals surface area contributed by atoms with Crippen LogP contribution in [0.5, 0.6) is 0 Å². The molecular formula is C43H24N2S2. The Morgan fingerprint density at radius 1 is 0.426 bits per heavy atom. The number of fused-ring (bicyclic) bond motifs is 9. The maximum absolute atomic E-state index is 7.84. The van der Waals surface area contributed by atoms with Gasteiger partial charge in [0.2, 0.25) is 0 Å². The molecule has 10 rings (SSSR count). The van der Waals surface area contributed by atoms with E-state index in [9.17, 15) is 0 Å². The van der Waals surface area contributed by atoms with E-state index >= 15 is 0 Å². The molecule has 0 saturated carbocycles. The molecule has 0 aliphatic rings. The molecule has 0 fully saturated rings. The highest BCUT2D eigenvalue weighted by molar-refractivity contribution is 7.28. The molecule has 7 aromatic carbocycles. The van der Waals surface area contributed by atoms with Gasteiger partial charge in [0.25, 0.3) is 0 Å². The van der Waals surface area contributed by atoms with Crippen LogP contribution in [-0.2, 0) is 0 Å². The molecule has 0 aliphatic carbocycles. The number of aromatic nitrogens is 1. The van der Waals surface area contributed by atoms with Gasteiger partial charge in [-0.1, -0.05) is 84.9 Å². The molecule has 3 aromatic heterocycles. The van der Waals surface area contributed by atoms with E-state index in [4.69, 9.17) is 6.57 Å². The number of nitrogens with zero attached hydrogens (tertiary/aromatic N) is 2. The Kier molecular flexibility index (Phi) is 5.71. The highest BCUT2D eigenvalue weighted by Gasteiger charge is 2.18. The molecule has 4 heteroatoms. The molecule has 3 heterocycles. The van der Waals surface area contributed by atoms with Crippen molar-refractivity contribution in [3.63, 3.8) is 0 Å². The van der Waals surface area contributed by atoms with E-state index in [1.165, 1.54) is 62.2 Å². The fourth-order valence-corrected chi connectivity index (χ4v) is 9.52. The van der Waals surface area contributed by atoms with Crippen LogP contribution in [-0.4, -0.2) is 4.57 Å². The van der Waals surface area contributed by atoms with E-state index in [-0.39, 0.29) is 0 Å². The first-order chi connectivity index (χ1) is 23.2. The molecule has 0 atom stereocenters. The van der Waals surface area contributed by atoms with Gasteiger partial charge >= 0.3 is 0 Å². The van der Waals surface area contributed by atoms with Crippen LogP contribution in [0.4, 0.5) is 5.69 Å². The second-order valence-corrected chi connectivity index (χ2v) is 14.2. The van der Waals surface area contributed by atoms with Crippen molar-refractivity contribution in [1.29, 1.82) is 0 Å². The van der Waals surface area contributed by atoms with Crippen molar-refractivity contribution < 1.29 is 0 Å². The highest BCUT2D eigenvalue weighted by atomic mass is 32.1. The molecule has 0 unspecified atom stereocenters. The molecule has 0 N–H and O–H groups in total. The smallest absolute Gasteiger partial charge is 0.188 e. The minimum Gasteiger partial charge on any atom is -0.309 e. The first-order valence-electron chi connectivity index (χ1n) is 15.6. The lowest BCUT2D eigenvalue weighted by atomic mass is 9.99. The summed E-state index contributed by atoms with van der Waals surface area (Å²) in [5.74, 6) is 0. The Labute approximate surface area is 278 Å². The van der Waals surface area contributed by atoms with Gasteiger partial charge < -0.3 is 4.57 Å². The van der Waals surface area contributed by atoms with Gasteiger partial charge in [-0.25, -0.2) is 4.85 Å².